The fourth-order valence-corrected chi connectivity index (χ4v) is 2.47. The van der Waals surface area contributed by atoms with Crippen LogP contribution in [0.4, 0.5) is 4.79 Å². The lowest BCUT2D eigenvalue weighted by atomic mass is 10.00. The summed E-state index contributed by atoms with van der Waals surface area (Å²) in [6.45, 7) is 0.484. The molecule has 0 saturated carbocycles. The summed E-state index contributed by atoms with van der Waals surface area (Å²) in [4.78, 5) is 35.3. The van der Waals surface area contributed by atoms with Crippen LogP contribution in [0.5, 0.6) is 0 Å². The third-order valence-corrected chi connectivity index (χ3v) is 3.59. The van der Waals surface area contributed by atoms with Crippen molar-refractivity contribution in [1.82, 2.24) is 10.2 Å². The normalized spacial score (nSPS) is 19.9. The average Bonchev–Trinajstić information content (AvgIpc) is 2.43. The maximum Gasteiger partial charge on any atom is 0.326 e. The van der Waals surface area contributed by atoms with Gasteiger partial charge < -0.3 is 25.5 Å². The Morgan fingerprint density at radius 1 is 1.24 bits per heavy atom. The van der Waals surface area contributed by atoms with E-state index in [1.165, 1.54) is 4.90 Å². The molecule has 2 unspecified atom stereocenters. The maximum atomic E-state index is 12.2. The lowest BCUT2D eigenvalue weighted by molar-refractivity contribution is -0.140. The van der Waals surface area contributed by atoms with Crippen molar-refractivity contribution in [2.75, 3.05) is 13.2 Å². The maximum absolute atomic E-state index is 12.2. The topological polar surface area (TPSA) is 127 Å². The molecule has 1 aliphatic heterocycles. The van der Waals surface area contributed by atoms with Gasteiger partial charge in [-0.3, -0.25) is 4.79 Å². The second kappa shape index (κ2) is 8.46. The second-order valence-corrected chi connectivity index (χ2v) is 5.13. The van der Waals surface area contributed by atoms with Gasteiger partial charge in [-0.2, -0.15) is 0 Å². The van der Waals surface area contributed by atoms with E-state index in [1.807, 2.05) is 0 Å². The number of urea groups is 1. The van der Waals surface area contributed by atoms with E-state index in [-0.39, 0.29) is 25.5 Å². The molecule has 0 aliphatic carbocycles. The number of nitrogens with one attached hydrogen (secondary N) is 1. The van der Waals surface area contributed by atoms with Gasteiger partial charge in [0.25, 0.3) is 0 Å². The van der Waals surface area contributed by atoms with Crippen molar-refractivity contribution in [2.24, 2.45) is 0 Å². The summed E-state index contributed by atoms with van der Waals surface area (Å²) in [7, 11) is 0. The molecule has 21 heavy (non-hydrogen) atoms. The molecule has 4 N–H and O–H groups in total. The summed E-state index contributed by atoms with van der Waals surface area (Å²) >= 11 is 0. The molecule has 120 valence electrons. The number of carboxylic acid groups (broad SMARTS) is 2. The molecular formula is C13H22N2O6. The monoisotopic (exact) mass is 302 g/mol. The number of carbonyl (C=O) groups excluding carboxylic acids is 1. The van der Waals surface area contributed by atoms with Crippen LogP contribution in [-0.4, -0.2) is 63.4 Å². The number of likely N-dealkylation sites (tertiary alicyclic amines) is 1. The number of piperidine rings is 1. The van der Waals surface area contributed by atoms with Crippen molar-refractivity contribution in [3.05, 3.63) is 0 Å². The molecule has 2 amide bonds. The molecule has 0 aromatic carbocycles. The molecule has 1 saturated heterocycles. The number of hydrogen-bond acceptors (Lipinski definition) is 4. The van der Waals surface area contributed by atoms with Gasteiger partial charge in [-0.1, -0.05) is 0 Å². The zero-order valence-electron chi connectivity index (χ0n) is 11.8. The smallest absolute Gasteiger partial charge is 0.326 e. The van der Waals surface area contributed by atoms with Gasteiger partial charge in [0.1, 0.15) is 6.04 Å². The lowest BCUT2D eigenvalue weighted by Crippen LogP contribution is -2.53. The highest BCUT2D eigenvalue weighted by atomic mass is 16.4. The zero-order valence-corrected chi connectivity index (χ0v) is 11.8. The van der Waals surface area contributed by atoms with Gasteiger partial charge in [0, 0.05) is 25.6 Å². The number of aliphatic hydroxyl groups excluding tert-OH is 1. The lowest BCUT2D eigenvalue weighted by Gasteiger charge is -2.36. The number of amides is 2. The summed E-state index contributed by atoms with van der Waals surface area (Å²) < 4.78 is 0. The van der Waals surface area contributed by atoms with E-state index in [2.05, 4.69) is 5.32 Å². The quantitative estimate of drug-likeness (QED) is 0.534. The fourth-order valence-electron chi connectivity index (χ4n) is 2.47. The highest BCUT2D eigenvalue weighted by molar-refractivity contribution is 5.83. The number of nitrogens with zero attached hydrogens (tertiary/aromatic N) is 1. The van der Waals surface area contributed by atoms with Crippen LogP contribution >= 0.6 is 0 Å². The third kappa shape index (κ3) is 5.58. The zero-order chi connectivity index (χ0) is 15.8. The Kier molecular flexibility index (Phi) is 6.93. The Bertz CT molecular complexity index is 385. The first-order valence-corrected chi connectivity index (χ1v) is 7.08. The van der Waals surface area contributed by atoms with Crippen LogP contribution in [-0.2, 0) is 9.59 Å². The predicted molar refractivity (Wildman–Crippen MR) is 72.9 cm³/mol. The average molecular weight is 302 g/mol. The number of rotatable bonds is 7. The van der Waals surface area contributed by atoms with Crippen molar-refractivity contribution in [2.45, 2.75) is 50.6 Å². The van der Waals surface area contributed by atoms with Crippen LogP contribution in [0, 0.1) is 0 Å². The minimum atomic E-state index is -1.25. The Morgan fingerprint density at radius 3 is 2.52 bits per heavy atom. The fraction of sp³-hybridized carbons (Fsp3) is 0.769. The number of aliphatic carboxylic acids is 2. The molecular weight excluding hydrogens is 280 g/mol. The molecule has 2 atom stereocenters. The Hall–Kier alpha value is -1.83. The number of aliphatic hydroxyl groups is 1. The van der Waals surface area contributed by atoms with Crippen LogP contribution < -0.4 is 5.32 Å². The van der Waals surface area contributed by atoms with E-state index in [9.17, 15) is 14.4 Å². The summed E-state index contributed by atoms with van der Waals surface area (Å²) in [6, 6.07) is -1.83. The highest BCUT2D eigenvalue weighted by Crippen LogP contribution is 2.19. The third-order valence-electron chi connectivity index (χ3n) is 3.59. The molecule has 0 aromatic heterocycles. The van der Waals surface area contributed by atoms with Gasteiger partial charge in [-0.15, -0.1) is 0 Å². The molecule has 8 heteroatoms. The van der Waals surface area contributed by atoms with E-state index in [0.29, 0.717) is 13.0 Å². The van der Waals surface area contributed by atoms with Crippen LogP contribution in [0.1, 0.15) is 38.5 Å². The molecule has 1 aliphatic rings. The van der Waals surface area contributed by atoms with E-state index >= 15 is 0 Å². The minimum absolute atomic E-state index is 0.0319. The number of carboxylic acids is 2. The van der Waals surface area contributed by atoms with Crippen molar-refractivity contribution in [3.63, 3.8) is 0 Å². The Morgan fingerprint density at radius 2 is 1.95 bits per heavy atom. The first kappa shape index (κ1) is 17.2. The van der Waals surface area contributed by atoms with Crippen molar-refractivity contribution < 1.29 is 29.7 Å². The van der Waals surface area contributed by atoms with Crippen LogP contribution in [0.2, 0.25) is 0 Å². The first-order chi connectivity index (χ1) is 9.95. The Balaban J connectivity index is 2.61. The molecule has 0 radical (unpaired) electrons. The summed E-state index contributed by atoms with van der Waals surface area (Å²) in [5.74, 6) is -2.35. The predicted octanol–water partition coefficient (Wildman–Crippen LogP) is 0.251. The van der Waals surface area contributed by atoms with E-state index < -0.39 is 24.0 Å². The standard InChI is InChI=1S/C13H22N2O6/c16-8-6-9-3-1-2-7-15(9)13(21)14-10(12(19)20)4-5-11(17)18/h9-10,16H,1-8H2,(H,14,21)(H,17,18)(H,19,20). The van der Waals surface area contributed by atoms with Gasteiger partial charge in [0.2, 0.25) is 0 Å². The van der Waals surface area contributed by atoms with E-state index in [0.717, 1.165) is 19.3 Å². The molecule has 0 spiro atoms. The molecule has 1 fully saturated rings. The summed E-state index contributed by atoms with van der Waals surface area (Å²) in [5.41, 5.74) is 0. The van der Waals surface area contributed by atoms with E-state index in [1.54, 1.807) is 0 Å². The van der Waals surface area contributed by atoms with Crippen molar-refractivity contribution >= 4 is 18.0 Å². The van der Waals surface area contributed by atoms with Gasteiger partial charge in [-0.25, -0.2) is 9.59 Å². The highest BCUT2D eigenvalue weighted by Gasteiger charge is 2.29. The SMILES string of the molecule is O=C(O)CCC(NC(=O)N1CCCCC1CCO)C(=O)O. The molecule has 8 nitrogen and oxygen atoms in total. The van der Waals surface area contributed by atoms with Gasteiger partial charge in [0.05, 0.1) is 0 Å². The summed E-state index contributed by atoms with van der Waals surface area (Å²) in [5, 5.41) is 29.0. The number of carbonyl (C=O) groups is 3. The molecule has 1 heterocycles. The molecule has 0 aromatic rings. The minimum Gasteiger partial charge on any atom is -0.481 e. The van der Waals surface area contributed by atoms with Gasteiger partial charge in [-0.05, 0) is 32.1 Å². The number of hydrogen-bond donors (Lipinski definition) is 4. The van der Waals surface area contributed by atoms with Crippen LogP contribution in [0.15, 0.2) is 0 Å². The van der Waals surface area contributed by atoms with Crippen LogP contribution in [0.25, 0.3) is 0 Å². The largest absolute Gasteiger partial charge is 0.481 e. The first-order valence-electron chi connectivity index (χ1n) is 7.08. The molecule has 1 rings (SSSR count). The summed E-state index contributed by atoms with van der Waals surface area (Å²) in [6.07, 6.45) is 2.56. The van der Waals surface area contributed by atoms with Crippen molar-refractivity contribution in [3.8, 4) is 0 Å². The van der Waals surface area contributed by atoms with Gasteiger partial charge in [0.15, 0.2) is 0 Å². The molecule has 0 bridgehead atoms. The van der Waals surface area contributed by atoms with E-state index in [4.69, 9.17) is 15.3 Å². The Labute approximate surface area is 122 Å². The van der Waals surface area contributed by atoms with Gasteiger partial charge >= 0.3 is 18.0 Å². The van der Waals surface area contributed by atoms with Crippen molar-refractivity contribution in [1.29, 1.82) is 0 Å². The van der Waals surface area contributed by atoms with Crippen LogP contribution in [0.3, 0.4) is 0 Å². The second-order valence-electron chi connectivity index (χ2n) is 5.13.